The molecule has 0 aromatic carbocycles. The fourth-order valence-corrected chi connectivity index (χ4v) is 3.21. The Bertz CT molecular complexity index is 475. The van der Waals surface area contributed by atoms with Crippen molar-refractivity contribution in [1.82, 2.24) is 0 Å². The molecule has 6 heteroatoms. The topological polar surface area (TPSA) is 97.7 Å². The fourth-order valence-electron chi connectivity index (χ4n) is 3.21. The molecule has 1 saturated carbocycles. The maximum Gasteiger partial charge on any atom is 1.00 e. The summed E-state index contributed by atoms with van der Waals surface area (Å²) in [4.78, 5) is 22.4. The quantitative estimate of drug-likeness (QED) is 0.257. The van der Waals surface area contributed by atoms with E-state index in [1.54, 1.807) is 12.2 Å². The van der Waals surface area contributed by atoms with Crippen molar-refractivity contribution in [2.75, 3.05) is 0 Å². The Balaban J connectivity index is 0.00000625. The smallest absolute Gasteiger partial charge is 0.550 e. The standard InChI is InChI=1S/C20H32O5.Na/c1-2-3-6-9-15(21)12-13-17-16(18(22)14-19(17)23)10-7-4-5-8-11-20(24)25;/h4,7,12-13,15-17,19,21,23H,2-3,5-6,8-11,14H2,1H3,(H,24,25);/q;+1/p-1/b7-4-,13-12+;/t15-,16+,17+,19+;/m0./s1. The molecule has 4 atom stereocenters. The van der Waals surface area contributed by atoms with Crippen LogP contribution in [-0.2, 0) is 9.59 Å². The van der Waals surface area contributed by atoms with Gasteiger partial charge < -0.3 is 20.1 Å². The molecule has 0 unspecified atom stereocenters. The molecule has 0 spiro atoms. The summed E-state index contributed by atoms with van der Waals surface area (Å²) in [6.07, 6.45) is 11.8. The predicted molar refractivity (Wildman–Crippen MR) is 94.5 cm³/mol. The number of aliphatic hydroxyl groups excluding tert-OH is 2. The Morgan fingerprint density at radius 1 is 1.31 bits per heavy atom. The molecule has 1 fully saturated rings. The van der Waals surface area contributed by atoms with Crippen LogP contribution in [0.1, 0.15) is 64.7 Å². The number of aliphatic hydroxyl groups is 2. The number of carboxylic acid groups (broad SMARTS) is 1. The molecule has 5 nitrogen and oxygen atoms in total. The summed E-state index contributed by atoms with van der Waals surface area (Å²) < 4.78 is 0. The zero-order valence-corrected chi connectivity index (χ0v) is 18.1. The molecule has 0 aromatic heterocycles. The van der Waals surface area contributed by atoms with E-state index in [9.17, 15) is 24.9 Å². The van der Waals surface area contributed by atoms with Gasteiger partial charge in [-0.1, -0.05) is 50.5 Å². The van der Waals surface area contributed by atoms with Crippen molar-refractivity contribution in [3.05, 3.63) is 24.3 Å². The number of carbonyl (C=O) groups is 2. The minimum absolute atomic E-state index is 0. The zero-order valence-electron chi connectivity index (χ0n) is 16.1. The zero-order chi connectivity index (χ0) is 18.7. The van der Waals surface area contributed by atoms with Crippen molar-refractivity contribution in [1.29, 1.82) is 0 Å². The Morgan fingerprint density at radius 2 is 2.04 bits per heavy atom. The predicted octanol–water partition coefficient (Wildman–Crippen LogP) is -1.08. The normalized spacial score (nSPS) is 24.3. The first-order valence-corrected chi connectivity index (χ1v) is 9.37. The summed E-state index contributed by atoms with van der Waals surface area (Å²) in [5.74, 6) is -1.54. The monoisotopic (exact) mass is 374 g/mol. The van der Waals surface area contributed by atoms with Gasteiger partial charge in [0.15, 0.2) is 0 Å². The van der Waals surface area contributed by atoms with Crippen LogP contribution in [0.4, 0.5) is 0 Å². The van der Waals surface area contributed by atoms with Gasteiger partial charge in [-0.05, 0) is 32.1 Å². The number of ketones is 1. The van der Waals surface area contributed by atoms with Gasteiger partial charge in [0.05, 0.1) is 12.2 Å². The summed E-state index contributed by atoms with van der Waals surface area (Å²) >= 11 is 0. The SMILES string of the molecule is CCCCC[C@H](O)/C=C/[C@H]1[C@H](O)CC(=O)[C@@H]1C/C=C\CCCC(=O)[O-].[Na+]. The van der Waals surface area contributed by atoms with E-state index >= 15 is 0 Å². The molecule has 0 aliphatic heterocycles. The van der Waals surface area contributed by atoms with Gasteiger partial charge in [0, 0.05) is 24.2 Å². The molecular weight excluding hydrogens is 343 g/mol. The Labute approximate surface area is 178 Å². The van der Waals surface area contributed by atoms with Crippen molar-refractivity contribution in [2.24, 2.45) is 11.8 Å². The average molecular weight is 374 g/mol. The Hall–Kier alpha value is -0.460. The van der Waals surface area contributed by atoms with E-state index in [4.69, 9.17) is 0 Å². The molecule has 26 heavy (non-hydrogen) atoms. The third-order valence-corrected chi connectivity index (χ3v) is 4.70. The van der Waals surface area contributed by atoms with Crippen LogP contribution in [0.5, 0.6) is 0 Å². The van der Waals surface area contributed by atoms with Crippen LogP contribution in [-0.4, -0.2) is 34.2 Å². The van der Waals surface area contributed by atoms with Crippen molar-refractivity contribution in [2.45, 2.75) is 76.9 Å². The van der Waals surface area contributed by atoms with Crippen molar-refractivity contribution < 1.29 is 54.5 Å². The number of carboxylic acids is 1. The molecule has 0 heterocycles. The van der Waals surface area contributed by atoms with E-state index in [0.717, 1.165) is 19.3 Å². The molecule has 1 rings (SSSR count). The molecule has 0 radical (unpaired) electrons. The van der Waals surface area contributed by atoms with Gasteiger partial charge in [-0.25, -0.2) is 0 Å². The minimum atomic E-state index is -1.05. The molecular formula is C20H31NaO5. The molecule has 0 saturated heterocycles. The molecule has 0 aromatic rings. The summed E-state index contributed by atoms with van der Waals surface area (Å²) in [6.45, 7) is 2.11. The van der Waals surface area contributed by atoms with Gasteiger partial charge in [0.25, 0.3) is 0 Å². The van der Waals surface area contributed by atoms with Crippen LogP contribution < -0.4 is 34.7 Å². The maximum atomic E-state index is 12.1. The van der Waals surface area contributed by atoms with E-state index in [0.29, 0.717) is 25.7 Å². The molecule has 1 aliphatic rings. The second-order valence-electron chi connectivity index (χ2n) is 6.84. The summed E-state index contributed by atoms with van der Waals surface area (Å²) in [6, 6.07) is 0. The largest absolute Gasteiger partial charge is 1.00 e. The van der Waals surface area contributed by atoms with E-state index in [1.165, 1.54) is 0 Å². The first kappa shape index (κ1) is 25.5. The van der Waals surface area contributed by atoms with E-state index in [1.807, 2.05) is 12.2 Å². The third-order valence-electron chi connectivity index (χ3n) is 4.70. The molecule has 142 valence electrons. The van der Waals surface area contributed by atoms with Gasteiger partial charge in [-0.2, -0.15) is 0 Å². The summed E-state index contributed by atoms with van der Waals surface area (Å²) in [7, 11) is 0. The second-order valence-corrected chi connectivity index (χ2v) is 6.84. The van der Waals surface area contributed by atoms with Crippen LogP contribution in [0, 0.1) is 11.8 Å². The number of hydrogen-bond donors (Lipinski definition) is 2. The molecule has 1 aliphatic carbocycles. The summed E-state index contributed by atoms with van der Waals surface area (Å²) in [5, 5.41) is 30.4. The third kappa shape index (κ3) is 10.0. The number of unbranched alkanes of at least 4 members (excludes halogenated alkanes) is 3. The summed E-state index contributed by atoms with van der Waals surface area (Å²) in [5.41, 5.74) is 0. The first-order chi connectivity index (χ1) is 12.0. The van der Waals surface area contributed by atoms with E-state index in [2.05, 4.69) is 6.92 Å². The first-order valence-electron chi connectivity index (χ1n) is 9.37. The van der Waals surface area contributed by atoms with Crippen LogP contribution in [0.15, 0.2) is 24.3 Å². The van der Waals surface area contributed by atoms with Crippen LogP contribution >= 0.6 is 0 Å². The second kappa shape index (κ2) is 14.6. The molecule has 0 bridgehead atoms. The number of Topliss-reactive ketones (excluding diaryl/α,β-unsaturated/α-hetero) is 1. The van der Waals surface area contributed by atoms with Gasteiger partial charge in [-0.3, -0.25) is 4.79 Å². The maximum absolute atomic E-state index is 12.1. The van der Waals surface area contributed by atoms with Crippen molar-refractivity contribution >= 4 is 11.8 Å². The van der Waals surface area contributed by atoms with Gasteiger partial charge >= 0.3 is 29.6 Å². The number of aliphatic carboxylic acids is 1. The molecule has 0 amide bonds. The number of hydrogen-bond acceptors (Lipinski definition) is 5. The Morgan fingerprint density at radius 3 is 2.69 bits per heavy atom. The van der Waals surface area contributed by atoms with E-state index < -0.39 is 18.2 Å². The van der Waals surface area contributed by atoms with Gasteiger partial charge in [0.2, 0.25) is 0 Å². The van der Waals surface area contributed by atoms with Crippen molar-refractivity contribution in [3.8, 4) is 0 Å². The van der Waals surface area contributed by atoms with Crippen molar-refractivity contribution in [3.63, 3.8) is 0 Å². The average Bonchev–Trinajstić information content (AvgIpc) is 2.82. The van der Waals surface area contributed by atoms with Crippen LogP contribution in [0.3, 0.4) is 0 Å². The Kier molecular flexibility index (Phi) is 14.3. The number of allylic oxidation sites excluding steroid dienone is 2. The van der Waals surface area contributed by atoms with Crippen LogP contribution in [0.2, 0.25) is 0 Å². The van der Waals surface area contributed by atoms with E-state index in [-0.39, 0.29) is 60.0 Å². The number of rotatable bonds is 12. The number of carbonyl (C=O) groups excluding carboxylic acids is 2. The van der Waals surface area contributed by atoms with Gasteiger partial charge in [0.1, 0.15) is 5.78 Å². The minimum Gasteiger partial charge on any atom is -0.550 e. The molecule has 2 N–H and O–H groups in total. The fraction of sp³-hybridized carbons (Fsp3) is 0.700. The van der Waals surface area contributed by atoms with Crippen LogP contribution in [0.25, 0.3) is 0 Å². The van der Waals surface area contributed by atoms with Gasteiger partial charge in [-0.15, -0.1) is 0 Å².